The fourth-order valence-corrected chi connectivity index (χ4v) is 1.97. The zero-order valence-electron chi connectivity index (χ0n) is 10.2. The van der Waals surface area contributed by atoms with Gasteiger partial charge in [0.05, 0.1) is 25.2 Å². The predicted octanol–water partition coefficient (Wildman–Crippen LogP) is 1.62. The van der Waals surface area contributed by atoms with Crippen molar-refractivity contribution in [3.8, 4) is 0 Å². The van der Waals surface area contributed by atoms with Crippen molar-refractivity contribution in [2.24, 2.45) is 5.41 Å². The van der Waals surface area contributed by atoms with E-state index in [0.29, 0.717) is 25.3 Å². The lowest BCUT2D eigenvalue weighted by Crippen LogP contribution is -2.52. The Kier molecular flexibility index (Phi) is 3.94. The van der Waals surface area contributed by atoms with Gasteiger partial charge < -0.3 is 15.2 Å². The fourth-order valence-electron chi connectivity index (χ4n) is 1.97. The molecule has 1 aromatic carbocycles. The summed E-state index contributed by atoms with van der Waals surface area (Å²) >= 11 is 0. The molecule has 0 saturated carbocycles. The van der Waals surface area contributed by atoms with E-state index in [-0.39, 0.29) is 18.1 Å². The number of aliphatic hydroxyl groups excluding tert-OH is 1. The molecule has 0 amide bonds. The first-order valence-electron chi connectivity index (χ1n) is 5.94. The van der Waals surface area contributed by atoms with Gasteiger partial charge in [0.2, 0.25) is 0 Å². The number of aliphatic hydroxyl groups is 1. The summed E-state index contributed by atoms with van der Waals surface area (Å²) in [6.07, 6.45) is 0. The maximum absolute atomic E-state index is 13.6. The van der Waals surface area contributed by atoms with Crippen molar-refractivity contribution in [3.63, 3.8) is 0 Å². The van der Waals surface area contributed by atoms with Crippen LogP contribution < -0.4 is 5.32 Å². The van der Waals surface area contributed by atoms with Gasteiger partial charge in [-0.1, -0.05) is 12.1 Å². The summed E-state index contributed by atoms with van der Waals surface area (Å²) < 4.78 is 31.7. The molecule has 0 aromatic heterocycles. The standard InChI is InChI=1S/C13H17F2NO2/c1-9(10-3-2-4-11(14)12(10)15)16-5-13(6-17)7-18-8-13/h2-4,9,16-17H,5-8H2,1H3. The molecule has 1 aliphatic heterocycles. The predicted molar refractivity (Wildman–Crippen MR) is 63.1 cm³/mol. The summed E-state index contributed by atoms with van der Waals surface area (Å²) in [5.41, 5.74) is 0.0151. The lowest BCUT2D eigenvalue weighted by molar-refractivity contribution is -0.135. The van der Waals surface area contributed by atoms with E-state index in [0.717, 1.165) is 6.07 Å². The van der Waals surface area contributed by atoms with Crippen LogP contribution in [0, 0.1) is 17.0 Å². The topological polar surface area (TPSA) is 41.5 Å². The van der Waals surface area contributed by atoms with Gasteiger partial charge >= 0.3 is 0 Å². The van der Waals surface area contributed by atoms with Gasteiger partial charge in [-0.3, -0.25) is 0 Å². The second kappa shape index (κ2) is 5.30. The Morgan fingerprint density at radius 1 is 1.44 bits per heavy atom. The number of rotatable bonds is 5. The maximum atomic E-state index is 13.6. The minimum atomic E-state index is -0.843. The van der Waals surface area contributed by atoms with Gasteiger partial charge in [-0.2, -0.15) is 0 Å². The van der Waals surface area contributed by atoms with Crippen molar-refractivity contribution in [2.45, 2.75) is 13.0 Å². The van der Waals surface area contributed by atoms with Gasteiger partial charge in [-0.25, -0.2) is 8.78 Å². The number of hydrogen-bond acceptors (Lipinski definition) is 3. The third kappa shape index (κ3) is 2.53. The number of benzene rings is 1. The highest BCUT2D eigenvalue weighted by Crippen LogP contribution is 2.27. The van der Waals surface area contributed by atoms with Gasteiger partial charge in [0.25, 0.3) is 0 Å². The van der Waals surface area contributed by atoms with Gasteiger partial charge in [-0.05, 0) is 13.0 Å². The third-order valence-corrected chi connectivity index (χ3v) is 3.38. The van der Waals surface area contributed by atoms with Crippen LogP contribution in [0.1, 0.15) is 18.5 Å². The van der Waals surface area contributed by atoms with E-state index in [1.807, 2.05) is 0 Å². The van der Waals surface area contributed by atoms with Gasteiger partial charge in [0.15, 0.2) is 11.6 Å². The largest absolute Gasteiger partial charge is 0.396 e. The van der Waals surface area contributed by atoms with E-state index in [2.05, 4.69) is 5.32 Å². The number of halogens is 2. The summed E-state index contributed by atoms with van der Waals surface area (Å²) in [4.78, 5) is 0. The number of hydrogen-bond donors (Lipinski definition) is 2. The molecule has 1 aliphatic rings. The Balaban J connectivity index is 1.99. The van der Waals surface area contributed by atoms with Crippen LogP contribution in [0.3, 0.4) is 0 Å². The Labute approximate surface area is 105 Å². The summed E-state index contributed by atoms with van der Waals surface area (Å²) in [7, 11) is 0. The van der Waals surface area contributed by atoms with Crippen molar-refractivity contribution < 1.29 is 18.6 Å². The molecule has 18 heavy (non-hydrogen) atoms. The lowest BCUT2D eigenvalue weighted by Gasteiger charge is -2.40. The molecule has 1 heterocycles. The average Bonchev–Trinajstić information content (AvgIpc) is 2.31. The second-order valence-corrected chi connectivity index (χ2v) is 4.90. The molecule has 100 valence electrons. The van der Waals surface area contributed by atoms with E-state index in [1.165, 1.54) is 6.07 Å². The number of ether oxygens (including phenoxy) is 1. The molecule has 0 spiro atoms. The quantitative estimate of drug-likeness (QED) is 0.842. The molecule has 0 aliphatic carbocycles. The Morgan fingerprint density at radius 3 is 2.72 bits per heavy atom. The van der Waals surface area contributed by atoms with Crippen molar-refractivity contribution in [1.82, 2.24) is 5.32 Å². The molecular formula is C13H17F2NO2. The zero-order valence-corrected chi connectivity index (χ0v) is 10.2. The highest BCUT2D eigenvalue weighted by Gasteiger charge is 2.38. The second-order valence-electron chi connectivity index (χ2n) is 4.90. The summed E-state index contributed by atoms with van der Waals surface area (Å²) in [5.74, 6) is -1.66. The third-order valence-electron chi connectivity index (χ3n) is 3.38. The minimum Gasteiger partial charge on any atom is -0.396 e. The van der Waals surface area contributed by atoms with Crippen LogP contribution in [0.4, 0.5) is 8.78 Å². The summed E-state index contributed by atoms with van der Waals surface area (Å²) in [5, 5.41) is 12.4. The van der Waals surface area contributed by atoms with E-state index in [1.54, 1.807) is 13.0 Å². The monoisotopic (exact) mass is 257 g/mol. The lowest BCUT2D eigenvalue weighted by atomic mass is 9.86. The minimum absolute atomic E-state index is 0.0261. The van der Waals surface area contributed by atoms with Crippen LogP contribution in [-0.2, 0) is 4.74 Å². The van der Waals surface area contributed by atoms with Crippen LogP contribution in [0.2, 0.25) is 0 Å². The highest BCUT2D eigenvalue weighted by molar-refractivity contribution is 5.22. The molecule has 5 heteroatoms. The zero-order chi connectivity index (χ0) is 13.2. The van der Waals surface area contributed by atoms with E-state index in [9.17, 15) is 13.9 Å². The van der Waals surface area contributed by atoms with Crippen molar-refractivity contribution in [3.05, 3.63) is 35.4 Å². The molecule has 1 saturated heterocycles. The smallest absolute Gasteiger partial charge is 0.163 e. The van der Waals surface area contributed by atoms with Crippen LogP contribution >= 0.6 is 0 Å². The van der Waals surface area contributed by atoms with Crippen molar-refractivity contribution in [1.29, 1.82) is 0 Å². The molecule has 2 N–H and O–H groups in total. The Hall–Kier alpha value is -1.04. The molecular weight excluding hydrogens is 240 g/mol. The van der Waals surface area contributed by atoms with E-state index >= 15 is 0 Å². The maximum Gasteiger partial charge on any atom is 0.163 e. The van der Waals surface area contributed by atoms with Gasteiger partial charge in [-0.15, -0.1) is 0 Å². The first-order valence-corrected chi connectivity index (χ1v) is 5.94. The number of nitrogens with one attached hydrogen (secondary N) is 1. The molecule has 1 fully saturated rings. The van der Waals surface area contributed by atoms with E-state index in [4.69, 9.17) is 4.74 Å². The molecule has 1 unspecified atom stereocenters. The molecule has 0 bridgehead atoms. The summed E-state index contributed by atoms with van der Waals surface area (Å²) in [6, 6.07) is 3.82. The fraction of sp³-hybridized carbons (Fsp3) is 0.538. The average molecular weight is 257 g/mol. The normalized spacial score (nSPS) is 19.3. The van der Waals surface area contributed by atoms with Crippen LogP contribution in [0.25, 0.3) is 0 Å². The molecule has 1 aromatic rings. The highest BCUT2D eigenvalue weighted by atomic mass is 19.2. The van der Waals surface area contributed by atoms with Crippen molar-refractivity contribution >= 4 is 0 Å². The Morgan fingerprint density at radius 2 is 2.17 bits per heavy atom. The molecule has 2 rings (SSSR count). The van der Waals surface area contributed by atoms with Crippen LogP contribution in [0.15, 0.2) is 18.2 Å². The van der Waals surface area contributed by atoms with Crippen molar-refractivity contribution in [2.75, 3.05) is 26.4 Å². The summed E-state index contributed by atoms with van der Waals surface area (Å²) in [6.45, 7) is 3.30. The molecule has 3 nitrogen and oxygen atoms in total. The van der Waals surface area contributed by atoms with Gasteiger partial charge in [0.1, 0.15) is 0 Å². The van der Waals surface area contributed by atoms with E-state index < -0.39 is 11.6 Å². The molecule has 0 radical (unpaired) electrons. The molecule has 1 atom stereocenters. The Bertz CT molecular complexity index is 416. The van der Waals surface area contributed by atoms with Crippen LogP contribution in [0.5, 0.6) is 0 Å². The van der Waals surface area contributed by atoms with Crippen LogP contribution in [-0.4, -0.2) is 31.5 Å². The first-order chi connectivity index (χ1) is 8.58. The van der Waals surface area contributed by atoms with Gasteiger partial charge in [0, 0.05) is 18.2 Å². The first kappa shape index (κ1) is 13.4. The SMILES string of the molecule is CC(NCC1(CO)COC1)c1cccc(F)c1F.